The van der Waals surface area contributed by atoms with Crippen LogP contribution in [0.1, 0.15) is 20.8 Å². The minimum atomic E-state index is -1.02. The van der Waals surface area contributed by atoms with Gasteiger partial charge in [0, 0.05) is 5.69 Å². The molecule has 0 heterocycles. The molecule has 3 amide bonds. The van der Waals surface area contributed by atoms with Crippen LogP contribution in [0.4, 0.5) is 10.5 Å². The predicted octanol–water partition coefficient (Wildman–Crippen LogP) is 1.92. The summed E-state index contributed by atoms with van der Waals surface area (Å²) in [5, 5.41) is 4.60. The Balaban J connectivity index is 2.45. The first kappa shape index (κ1) is 15.7. The summed E-state index contributed by atoms with van der Waals surface area (Å²) in [7, 11) is 0. The molecule has 0 aliphatic rings. The van der Waals surface area contributed by atoms with Gasteiger partial charge in [-0.25, -0.2) is 4.79 Å². The van der Waals surface area contributed by atoms with Crippen molar-refractivity contribution in [1.82, 2.24) is 5.32 Å². The molecule has 108 valence electrons. The lowest BCUT2D eigenvalue weighted by molar-refractivity contribution is -0.157. The zero-order valence-corrected chi connectivity index (χ0v) is 11.7. The van der Waals surface area contributed by atoms with Gasteiger partial charge in [-0.15, -0.1) is 0 Å². The summed E-state index contributed by atoms with van der Waals surface area (Å²) in [5.41, 5.74) is 0.560. The number of carbonyl (C=O) groups excluding carboxylic acids is 3. The van der Waals surface area contributed by atoms with Gasteiger partial charge in [-0.3, -0.25) is 14.9 Å². The van der Waals surface area contributed by atoms with Crippen molar-refractivity contribution in [2.45, 2.75) is 26.9 Å². The van der Waals surface area contributed by atoms with Crippen LogP contribution < -0.4 is 10.6 Å². The monoisotopic (exact) mass is 278 g/mol. The molecule has 0 fully saturated rings. The first-order chi connectivity index (χ1) is 9.40. The minimum absolute atomic E-state index is 0.330. The number of benzene rings is 1. The smallest absolute Gasteiger partial charge is 0.325 e. The molecule has 1 aromatic carbocycles. The van der Waals surface area contributed by atoms with Crippen molar-refractivity contribution in [3.05, 3.63) is 30.3 Å². The van der Waals surface area contributed by atoms with E-state index in [1.54, 1.807) is 38.1 Å². The summed E-state index contributed by atoms with van der Waals surface area (Å²) in [6.45, 7) is 4.73. The highest BCUT2D eigenvalue weighted by Crippen LogP contribution is 2.05. The van der Waals surface area contributed by atoms with Gasteiger partial charge in [-0.2, -0.15) is 0 Å². The minimum Gasteiger partial charge on any atom is -0.452 e. The van der Waals surface area contributed by atoms with E-state index < -0.39 is 24.0 Å². The van der Waals surface area contributed by atoms with Crippen LogP contribution in [0.2, 0.25) is 0 Å². The fraction of sp³-hybridized carbons (Fsp3) is 0.357. The molecular formula is C14H18N2O4. The molecule has 1 atom stereocenters. The second-order valence-electron chi connectivity index (χ2n) is 4.54. The summed E-state index contributed by atoms with van der Waals surface area (Å²) in [6.07, 6.45) is -1.02. The maximum Gasteiger partial charge on any atom is 0.325 e. The van der Waals surface area contributed by atoms with Gasteiger partial charge >= 0.3 is 12.0 Å². The topological polar surface area (TPSA) is 84.5 Å². The second-order valence-corrected chi connectivity index (χ2v) is 4.54. The van der Waals surface area contributed by atoms with E-state index in [9.17, 15) is 14.4 Å². The number of amides is 3. The standard InChI is InChI=1S/C14H18N2O4/c1-9(2)13(18)20-10(3)12(17)16-14(19)15-11-7-5-4-6-8-11/h4-10H,1-3H3,(H2,15,16,17,19). The number of para-hydroxylation sites is 1. The molecule has 0 bridgehead atoms. The van der Waals surface area contributed by atoms with E-state index >= 15 is 0 Å². The highest BCUT2D eigenvalue weighted by Gasteiger charge is 2.21. The van der Waals surface area contributed by atoms with Crippen molar-refractivity contribution in [1.29, 1.82) is 0 Å². The van der Waals surface area contributed by atoms with Crippen LogP contribution in [0.15, 0.2) is 30.3 Å². The van der Waals surface area contributed by atoms with Crippen LogP contribution in [0.5, 0.6) is 0 Å². The Kier molecular flexibility index (Phi) is 5.71. The van der Waals surface area contributed by atoms with Crippen LogP contribution in [-0.4, -0.2) is 24.0 Å². The van der Waals surface area contributed by atoms with E-state index in [4.69, 9.17) is 4.74 Å². The van der Waals surface area contributed by atoms with Crippen LogP contribution >= 0.6 is 0 Å². The van der Waals surface area contributed by atoms with E-state index in [-0.39, 0.29) is 5.92 Å². The molecular weight excluding hydrogens is 260 g/mol. The molecule has 0 radical (unpaired) electrons. The van der Waals surface area contributed by atoms with Crippen molar-refractivity contribution in [2.24, 2.45) is 5.92 Å². The molecule has 0 aromatic heterocycles. The molecule has 0 saturated heterocycles. The van der Waals surface area contributed by atoms with Crippen molar-refractivity contribution in [3.63, 3.8) is 0 Å². The lowest BCUT2D eigenvalue weighted by atomic mass is 10.2. The molecule has 6 nitrogen and oxygen atoms in total. The first-order valence-electron chi connectivity index (χ1n) is 6.27. The number of ether oxygens (including phenoxy) is 1. The van der Waals surface area contributed by atoms with E-state index in [2.05, 4.69) is 10.6 Å². The number of hydrogen-bond acceptors (Lipinski definition) is 4. The Morgan fingerprint density at radius 1 is 1.05 bits per heavy atom. The third-order valence-electron chi connectivity index (χ3n) is 2.40. The Morgan fingerprint density at radius 3 is 2.20 bits per heavy atom. The van der Waals surface area contributed by atoms with Gasteiger partial charge in [0.2, 0.25) is 0 Å². The van der Waals surface area contributed by atoms with Gasteiger partial charge in [0.15, 0.2) is 6.10 Å². The summed E-state index contributed by atoms with van der Waals surface area (Å²) >= 11 is 0. The van der Waals surface area contributed by atoms with Gasteiger partial charge in [-0.1, -0.05) is 32.0 Å². The van der Waals surface area contributed by atoms with Gasteiger partial charge < -0.3 is 10.1 Å². The molecule has 1 rings (SSSR count). The molecule has 0 aliphatic carbocycles. The quantitative estimate of drug-likeness (QED) is 0.824. The third kappa shape index (κ3) is 5.09. The molecule has 6 heteroatoms. The van der Waals surface area contributed by atoms with E-state index in [0.717, 1.165) is 0 Å². The fourth-order valence-electron chi connectivity index (χ4n) is 1.26. The summed E-state index contributed by atoms with van der Waals surface area (Å²) in [6, 6.07) is 8.02. The molecule has 0 spiro atoms. The van der Waals surface area contributed by atoms with E-state index in [0.29, 0.717) is 5.69 Å². The molecule has 1 unspecified atom stereocenters. The van der Waals surface area contributed by atoms with Crippen LogP contribution in [-0.2, 0) is 14.3 Å². The number of nitrogens with one attached hydrogen (secondary N) is 2. The Morgan fingerprint density at radius 2 is 1.65 bits per heavy atom. The van der Waals surface area contributed by atoms with Crippen LogP contribution in [0, 0.1) is 5.92 Å². The summed E-state index contributed by atoms with van der Waals surface area (Å²) in [4.78, 5) is 34.5. The Hall–Kier alpha value is -2.37. The average molecular weight is 278 g/mol. The van der Waals surface area contributed by atoms with Gasteiger partial charge in [-0.05, 0) is 19.1 Å². The molecule has 20 heavy (non-hydrogen) atoms. The van der Waals surface area contributed by atoms with Crippen molar-refractivity contribution in [2.75, 3.05) is 5.32 Å². The number of anilines is 1. The van der Waals surface area contributed by atoms with Crippen molar-refractivity contribution in [3.8, 4) is 0 Å². The molecule has 0 aliphatic heterocycles. The van der Waals surface area contributed by atoms with E-state index in [1.165, 1.54) is 6.92 Å². The average Bonchev–Trinajstić information content (AvgIpc) is 2.39. The van der Waals surface area contributed by atoms with Gasteiger partial charge in [0.1, 0.15) is 0 Å². The van der Waals surface area contributed by atoms with Crippen LogP contribution in [0.3, 0.4) is 0 Å². The lowest BCUT2D eigenvalue weighted by Gasteiger charge is -2.14. The van der Waals surface area contributed by atoms with Gasteiger partial charge in [0.05, 0.1) is 5.92 Å². The maximum absolute atomic E-state index is 11.7. The lowest BCUT2D eigenvalue weighted by Crippen LogP contribution is -2.42. The maximum atomic E-state index is 11.7. The second kappa shape index (κ2) is 7.28. The van der Waals surface area contributed by atoms with Gasteiger partial charge in [0.25, 0.3) is 5.91 Å². The highest BCUT2D eigenvalue weighted by molar-refractivity contribution is 6.02. The fourth-order valence-corrected chi connectivity index (χ4v) is 1.26. The van der Waals surface area contributed by atoms with Crippen molar-refractivity contribution < 1.29 is 19.1 Å². The molecule has 1 aromatic rings. The summed E-state index contributed by atoms with van der Waals surface area (Å²) in [5.74, 6) is -1.49. The number of hydrogen-bond donors (Lipinski definition) is 2. The SMILES string of the molecule is CC(C)C(=O)OC(C)C(=O)NC(=O)Nc1ccccc1. The number of esters is 1. The molecule has 2 N–H and O–H groups in total. The largest absolute Gasteiger partial charge is 0.452 e. The Labute approximate surface area is 117 Å². The van der Waals surface area contributed by atoms with E-state index in [1.807, 2.05) is 6.07 Å². The number of urea groups is 1. The van der Waals surface area contributed by atoms with Crippen LogP contribution in [0.25, 0.3) is 0 Å². The Bertz CT molecular complexity index is 485. The first-order valence-corrected chi connectivity index (χ1v) is 6.27. The molecule has 0 saturated carbocycles. The highest BCUT2D eigenvalue weighted by atomic mass is 16.5. The zero-order chi connectivity index (χ0) is 15.1. The third-order valence-corrected chi connectivity index (χ3v) is 2.40. The number of carbonyl (C=O) groups is 3. The normalized spacial score (nSPS) is 11.6. The van der Waals surface area contributed by atoms with Crippen molar-refractivity contribution >= 4 is 23.6 Å². The number of imide groups is 1. The number of rotatable bonds is 4. The predicted molar refractivity (Wildman–Crippen MR) is 74.0 cm³/mol. The zero-order valence-electron chi connectivity index (χ0n) is 11.7. The summed E-state index contributed by atoms with van der Waals surface area (Å²) < 4.78 is 4.89.